The van der Waals surface area contributed by atoms with Crippen molar-refractivity contribution in [2.75, 3.05) is 39.8 Å². The van der Waals surface area contributed by atoms with Crippen molar-refractivity contribution in [2.45, 2.75) is 45.1 Å². The van der Waals surface area contributed by atoms with E-state index in [9.17, 15) is 4.79 Å². The maximum absolute atomic E-state index is 12.8. The molecule has 1 atom stereocenters. The van der Waals surface area contributed by atoms with Gasteiger partial charge in [0.15, 0.2) is 0 Å². The summed E-state index contributed by atoms with van der Waals surface area (Å²) in [6, 6.07) is 0.0326. The van der Waals surface area contributed by atoms with Crippen molar-refractivity contribution in [3.63, 3.8) is 0 Å². The molecule has 0 aliphatic carbocycles. The highest BCUT2D eigenvalue weighted by atomic mass is 16.2. The van der Waals surface area contributed by atoms with Crippen LogP contribution in [0.2, 0.25) is 0 Å². The van der Waals surface area contributed by atoms with Gasteiger partial charge in [-0.2, -0.15) is 0 Å². The second kappa shape index (κ2) is 8.23. The van der Waals surface area contributed by atoms with Crippen LogP contribution in [-0.2, 0) is 11.2 Å². The van der Waals surface area contributed by atoms with Crippen molar-refractivity contribution in [3.05, 3.63) is 24.3 Å². The van der Waals surface area contributed by atoms with E-state index in [-0.39, 0.29) is 11.9 Å². The van der Waals surface area contributed by atoms with Crippen molar-refractivity contribution >= 4 is 5.91 Å². The third-order valence-electron chi connectivity index (χ3n) is 5.76. The van der Waals surface area contributed by atoms with E-state index in [2.05, 4.69) is 39.1 Å². The Kier molecular flexibility index (Phi) is 6.02. The van der Waals surface area contributed by atoms with Crippen LogP contribution in [0.5, 0.6) is 0 Å². The Morgan fingerprint density at radius 2 is 2.16 bits per heavy atom. The lowest BCUT2D eigenvalue weighted by Gasteiger charge is -2.37. The Morgan fingerprint density at radius 1 is 1.36 bits per heavy atom. The molecule has 1 aromatic heterocycles. The predicted octanol–water partition coefficient (Wildman–Crippen LogP) is 1.33. The summed E-state index contributed by atoms with van der Waals surface area (Å²) in [5.74, 6) is 0.188. The molecule has 3 heterocycles. The first-order chi connectivity index (χ1) is 12.1. The van der Waals surface area contributed by atoms with E-state index in [0.29, 0.717) is 12.0 Å². The minimum atomic E-state index is 0.0326. The van der Waals surface area contributed by atoms with Gasteiger partial charge in [-0.15, -0.1) is 0 Å². The maximum atomic E-state index is 12.8. The normalized spacial score (nSPS) is 23.8. The van der Waals surface area contributed by atoms with Crippen LogP contribution in [-0.4, -0.2) is 71.5 Å². The SMILES string of the molecule is CCCN1CC2(CCN(C)CC2)C[C@@H]1C(=O)NCCc1cnccn1. The molecule has 0 radical (unpaired) electrons. The molecule has 6 heteroatoms. The molecule has 0 saturated carbocycles. The van der Waals surface area contributed by atoms with Gasteiger partial charge < -0.3 is 10.2 Å². The monoisotopic (exact) mass is 345 g/mol. The number of carbonyl (C=O) groups is 1. The molecule has 138 valence electrons. The Hall–Kier alpha value is -1.53. The number of nitrogens with one attached hydrogen (secondary N) is 1. The van der Waals surface area contributed by atoms with Gasteiger partial charge in [0.25, 0.3) is 0 Å². The Balaban J connectivity index is 1.55. The smallest absolute Gasteiger partial charge is 0.237 e. The number of likely N-dealkylation sites (tertiary alicyclic amines) is 2. The summed E-state index contributed by atoms with van der Waals surface area (Å²) in [6.07, 6.45) is 10.4. The molecular formula is C19H31N5O. The zero-order valence-electron chi connectivity index (χ0n) is 15.6. The molecule has 6 nitrogen and oxygen atoms in total. The van der Waals surface area contributed by atoms with Crippen LogP contribution in [0.15, 0.2) is 18.6 Å². The number of hydrogen-bond acceptors (Lipinski definition) is 5. The minimum absolute atomic E-state index is 0.0326. The predicted molar refractivity (Wildman–Crippen MR) is 98.2 cm³/mol. The van der Waals surface area contributed by atoms with Gasteiger partial charge >= 0.3 is 0 Å². The van der Waals surface area contributed by atoms with Crippen molar-refractivity contribution < 1.29 is 4.79 Å². The Morgan fingerprint density at radius 3 is 2.84 bits per heavy atom. The summed E-state index contributed by atoms with van der Waals surface area (Å²) in [7, 11) is 2.20. The van der Waals surface area contributed by atoms with Crippen LogP contribution in [0.1, 0.15) is 38.3 Å². The van der Waals surface area contributed by atoms with Crippen molar-refractivity contribution in [3.8, 4) is 0 Å². The molecule has 2 aliphatic rings. The fourth-order valence-corrected chi connectivity index (χ4v) is 4.27. The molecule has 0 bridgehead atoms. The fourth-order valence-electron chi connectivity index (χ4n) is 4.27. The zero-order chi connectivity index (χ0) is 17.7. The minimum Gasteiger partial charge on any atom is -0.354 e. The Bertz CT molecular complexity index is 556. The van der Waals surface area contributed by atoms with Crippen molar-refractivity contribution in [1.82, 2.24) is 25.1 Å². The highest BCUT2D eigenvalue weighted by Crippen LogP contribution is 2.43. The molecule has 3 rings (SSSR count). The Labute approximate surface area is 151 Å². The van der Waals surface area contributed by atoms with Gasteiger partial charge in [-0.25, -0.2) is 0 Å². The molecule has 2 saturated heterocycles. The number of hydrogen-bond donors (Lipinski definition) is 1. The topological polar surface area (TPSA) is 61.4 Å². The van der Waals surface area contributed by atoms with Crippen molar-refractivity contribution in [2.24, 2.45) is 5.41 Å². The van der Waals surface area contributed by atoms with E-state index < -0.39 is 0 Å². The quantitative estimate of drug-likeness (QED) is 0.843. The van der Waals surface area contributed by atoms with E-state index in [1.165, 1.54) is 12.8 Å². The molecule has 1 spiro atoms. The second-order valence-corrected chi connectivity index (χ2v) is 7.73. The summed E-state index contributed by atoms with van der Waals surface area (Å²) in [6.45, 7) is 7.23. The van der Waals surface area contributed by atoms with Gasteiger partial charge in [0.2, 0.25) is 5.91 Å². The lowest BCUT2D eigenvalue weighted by atomic mass is 9.76. The third-order valence-corrected chi connectivity index (χ3v) is 5.76. The first kappa shape index (κ1) is 18.3. The summed E-state index contributed by atoms with van der Waals surface area (Å²) in [4.78, 5) is 26.0. The van der Waals surface area contributed by atoms with E-state index in [4.69, 9.17) is 0 Å². The lowest BCUT2D eigenvalue weighted by molar-refractivity contribution is -0.125. The highest BCUT2D eigenvalue weighted by Gasteiger charge is 2.47. The van der Waals surface area contributed by atoms with Gasteiger partial charge in [0.05, 0.1) is 11.7 Å². The van der Waals surface area contributed by atoms with Gasteiger partial charge in [0.1, 0.15) is 0 Å². The lowest BCUT2D eigenvalue weighted by Crippen LogP contribution is -2.44. The summed E-state index contributed by atoms with van der Waals surface area (Å²) < 4.78 is 0. The van der Waals surface area contributed by atoms with Gasteiger partial charge in [0, 0.05) is 38.1 Å². The van der Waals surface area contributed by atoms with E-state index in [1.54, 1.807) is 18.6 Å². The zero-order valence-corrected chi connectivity index (χ0v) is 15.6. The average molecular weight is 345 g/mol. The molecule has 1 aromatic rings. The van der Waals surface area contributed by atoms with Crippen LogP contribution >= 0.6 is 0 Å². The largest absolute Gasteiger partial charge is 0.354 e. The standard InChI is InChI=1S/C19H31N5O/c1-3-10-24-15-19(5-11-23(2)12-6-19)13-17(24)18(25)22-7-4-16-14-20-8-9-21-16/h8-9,14,17H,3-7,10-13,15H2,1-2H3,(H,22,25)/t17-/m1/s1. The highest BCUT2D eigenvalue weighted by molar-refractivity contribution is 5.82. The molecule has 25 heavy (non-hydrogen) atoms. The fraction of sp³-hybridized carbons (Fsp3) is 0.737. The molecule has 2 aliphatic heterocycles. The number of amides is 1. The molecule has 0 unspecified atom stereocenters. The third kappa shape index (κ3) is 4.55. The van der Waals surface area contributed by atoms with Gasteiger partial charge in [-0.3, -0.25) is 19.7 Å². The molecule has 0 aromatic carbocycles. The first-order valence-corrected chi connectivity index (χ1v) is 9.57. The van der Waals surface area contributed by atoms with Crippen LogP contribution in [0.3, 0.4) is 0 Å². The number of nitrogens with zero attached hydrogens (tertiary/aromatic N) is 4. The summed E-state index contributed by atoms with van der Waals surface area (Å²) in [5, 5.41) is 3.13. The average Bonchev–Trinajstić information content (AvgIpc) is 2.97. The van der Waals surface area contributed by atoms with E-state index >= 15 is 0 Å². The second-order valence-electron chi connectivity index (χ2n) is 7.73. The molecule has 1 N–H and O–H groups in total. The number of piperidine rings is 1. The van der Waals surface area contributed by atoms with E-state index in [0.717, 1.165) is 51.1 Å². The summed E-state index contributed by atoms with van der Waals surface area (Å²) >= 11 is 0. The molecular weight excluding hydrogens is 314 g/mol. The number of rotatable bonds is 6. The number of carbonyl (C=O) groups excluding carboxylic acids is 1. The van der Waals surface area contributed by atoms with E-state index in [1.807, 2.05) is 0 Å². The van der Waals surface area contributed by atoms with Crippen LogP contribution in [0.4, 0.5) is 0 Å². The van der Waals surface area contributed by atoms with Crippen LogP contribution < -0.4 is 5.32 Å². The van der Waals surface area contributed by atoms with Crippen LogP contribution in [0.25, 0.3) is 0 Å². The van der Waals surface area contributed by atoms with Gasteiger partial charge in [-0.05, 0) is 57.8 Å². The molecule has 2 fully saturated rings. The maximum Gasteiger partial charge on any atom is 0.237 e. The van der Waals surface area contributed by atoms with Crippen LogP contribution in [0, 0.1) is 5.41 Å². The van der Waals surface area contributed by atoms with Gasteiger partial charge in [-0.1, -0.05) is 6.92 Å². The first-order valence-electron chi connectivity index (χ1n) is 9.57. The van der Waals surface area contributed by atoms with Crippen molar-refractivity contribution in [1.29, 1.82) is 0 Å². The summed E-state index contributed by atoms with van der Waals surface area (Å²) in [5.41, 5.74) is 1.26. The molecule has 1 amide bonds. The number of aromatic nitrogens is 2.